The molecule has 21 heavy (non-hydrogen) atoms. The summed E-state index contributed by atoms with van der Waals surface area (Å²) in [6, 6.07) is 5.13. The van der Waals surface area contributed by atoms with Crippen molar-refractivity contribution in [3.05, 3.63) is 29.8 Å². The molecule has 0 aliphatic rings. The maximum atomic E-state index is 12.1. The van der Waals surface area contributed by atoms with Gasteiger partial charge in [0.15, 0.2) is 0 Å². The number of rotatable bonds is 7. The number of carbonyl (C=O) groups excluding carboxylic acids is 1. The van der Waals surface area contributed by atoms with E-state index in [9.17, 15) is 13.6 Å². The Morgan fingerprint density at radius 3 is 2.38 bits per heavy atom. The predicted molar refractivity (Wildman–Crippen MR) is 74.3 cm³/mol. The van der Waals surface area contributed by atoms with Crippen molar-refractivity contribution in [2.24, 2.45) is 0 Å². The van der Waals surface area contributed by atoms with E-state index in [4.69, 9.17) is 5.11 Å². The molecule has 0 bridgehead atoms. The third-order valence-electron chi connectivity index (χ3n) is 2.87. The molecule has 0 radical (unpaired) electrons. The number of urea groups is 1. The first-order valence-corrected chi connectivity index (χ1v) is 6.68. The number of carbonyl (C=O) groups is 1. The minimum atomic E-state index is -2.86. The van der Waals surface area contributed by atoms with Gasteiger partial charge in [-0.15, -0.1) is 0 Å². The Balaban J connectivity index is 2.65. The van der Waals surface area contributed by atoms with Gasteiger partial charge < -0.3 is 20.5 Å². The minimum absolute atomic E-state index is 0.0713. The van der Waals surface area contributed by atoms with Crippen LogP contribution in [0.4, 0.5) is 13.6 Å². The number of alkyl halides is 2. The zero-order valence-electron chi connectivity index (χ0n) is 12.0. The summed E-state index contributed by atoms with van der Waals surface area (Å²) >= 11 is 0. The summed E-state index contributed by atoms with van der Waals surface area (Å²) in [6.07, 6.45) is 0.635. The monoisotopic (exact) mass is 302 g/mol. The highest BCUT2D eigenvalue weighted by Gasteiger charge is 2.14. The number of nitrogens with one attached hydrogen (secondary N) is 2. The predicted octanol–water partition coefficient (Wildman–Crippen LogP) is 2.42. The molecule has 3 N–H and O–H groups in total. The van der Waals surface area contributed by atoms with Crippen molar-refractivity contribution in [2.75, 3.05) is 6.61 Å². The lowest BCUT2D eigenvalue weighted by atomic mass is 10.0. The second-order valence-corrected chi connectivity index (χ2v) is 4.61. The van der Waals surface area contributed by atoms with Crippen molar-refractivity contribution < 1.29 is 23.4 Å². The van der Waals surface area contributed by atoms with Gasteiger partial charge in [-0.3, -0.25) is 0 Å². The molecule has 118 valence electrons. The average Bonchev–Trinajstić information content (AvgIpc) is 2.45. The second-order valence-electron chi connectivity index (χ2n) is 4.61. The summed E-state index contributed by atoms with van der Waals surface area (Å²) < 4.78 is 28.4. The average molecular weight is 302 g/mol. The van der Waals surface area contributed by atoms with Gasteiger partial charge in [0.05, 0.1) is 18.7 Å². The largest absolute Gasteiger partial charge is 0.435 e. The molecule has 1 rings (SSSR count). The van der Waals surface area contributed by atoms with E-state index < -0.39 is 12.6 Å². The summed E-state index contributed by atoms with van der Waals surface area (Å²) in [7, 11) is 0. The van der Waals surface area contributed by atoms with Gasteiger partial charge in [0.2, 0.25) is 0 Å². The molecule has 1 aromatic rings. The molecule has 0 saturated heterocycles. The van der Waals surface area contributed by atoms with Crippen molar-refractivity contribution in [1.82, 2.24) is 10.6 Å². The molecule has 2 amide bonds. The van der Waals surface area contributed by atoms with Crippen LogP contribution in [-0.2, 0) is 0 Å². The molecule has 1 unspecified atom stereocenters. The Bertz CT molecular complexity index is 440. The van der Waals surface area contributed by atoms with E-state index in [0.717, 1.165) is 5.56 Å². The summed E-state index contributed by atoms with van der Waals surface area (Å²) in [5, 5.41) is 14.2. The van der Waals surface area contributed by atoms with Gasteiger partial charge in [-0.05, 0) is 31.0 Å². The highest BCUT2D eigenvalue weighted by atomic mass is 19.3. The van der Waals surface area contributed by atoms with Crippen molar-refractivity contribution >= 4 is 6.03 Å². The second kappa shape index (κ2) is 8.41. The van der Waals surface area contributed by atoms with Crippen LogP contribution in [0, 0.1) is 0 Å². The van der Waals surface area contributed by atoms with Crippen molar-refractivity contribution in [3.63, 3.8) is 0 Å². The first-order valence-electron chi connectivity index (χ1n) is 6.68. The quantitative estimate of drug-likeness (QED) is 0.724. The summed E-state index contributed by atoms with van der Waals surface area (Å²) in [6.45, 7) is 0.562. The van der Waals surface area contributed by atoms with Crippen molar-refractivity contribution in [3.8, 4) is 5.75 Å². The lowest BCUT2D eigenvalue weighted by molar-refractivity contribution is -0.0498. The standard InChI is InChI=1S/C14H20F2N2O3/c1-3-12(18-14(20)17-9(2)8-19)10-4-6-11(7-5-10)21-13(15)16/h4-7,9,12-13,19H,3,8H2,1-2H3,(H2,17,18,20)/t9-,12?/m0/s1. The van der Waals surface area contributed by atoms with Gasteiger partial charge in [-0.25, -0.2) is 4.79 Å². The van der Waals surface area contributed by atoms with Crippen LogP contribution in [-0.4, -0.2) is 30.4 Å². The fourth-order valence-electron chi connectivity index (χ4n) is 1.77. The molecule has 0 fully saturated rings. The lowest BCUT2D eigenvalue weighted by Crippen LogP contribution is -2.43. The van der Waals surface area contributed by atoms with Gasteiger partial charge in [0.1, 0.15) is 5.75 Å². The summed E-state index contributed by atoms with van der Waals surface area (Å²) in [4.78, 5) is 11.7. The Morgan fingerprint density at radius 2 is 1.90 bits per heavy atom. The highest BCUT2D eigenvalue weighted by Crippen LogP contribution is 2.21. The molecule has 0 saturated carbocycles. The van der Waals surface area contributed by atoms with Crippen molar-refractivity contribution in [2.45, 2.75) is 39.0 Å². The minimum Gasteiger partial charge on any atom is -0.435 e. The number of aliphatic hydroxyl groups excluding tert-OH is 1. The maximum absolute atomic E-state index is 12.1. The van der Waals surface area contributed by atoms with Crippen molar-refractivity contribution in [1.29, 1.82) is 0 Å². The van der Waals surface area contributed by atoms with Crippen LogP contribution in [0.5, 0.6) is 5.75 Å². The van der Waals surface area contributed by atoms with Crippen LogP contribution in [0.1, 0.15) is 31.9 Å². The summed E-state index contributed by atoms with van der Waals surface area (Å²) in [5.74, 6) is 0.0713. The number of hydrogen-bond acceptors (Lipinski definition) is 3. The molecule has 0 aliphatic carbocycles. The molecule has 7 heteroatoms. The fraction of sp³-hybridized carbons (Fsp3) is 0.500. The molecule has 0 heterocycles. The van der Waals surface area contributed by atoms with Crippen LogP contribution >= 0.6 is 0 Å². The molecule has 5 nitrogen and oxygen atoms in total. The number of amides is 2. The van der Waals surface area contributed by atoms with Crippen LogP contribution < -0.4 is 15.4 Å². The maximum Gasteiger partial charge on any atom is 0.387 e. The first kappa shape index (κ1) is 17.2. The topological polar surface area (TPSA) is 70.6 Å². The number of ether oxygens (including phenoxy) is 1. The number of hydrogen-bond donors (Lipinski definition) is 3. The smallest absolute Gasteiger partial charge is 0.387 e. The lowest BCUT2D eigenvalue weighted by Gasteiger charge is -2.20. The third-order valence-corrected chi connectivity index (χ3v) is 2.87. The van der Waals surface area contributed by atoms with Crippen LogP contribution in [0.2, 0.25) is 0 Å². The normalized spacial score (nSPS) is 13.6. The van der Waals surface area contributed by atoms with E-state index in [0.29, 0.717) is 6.42 Å². The number of aliphatic hydroxyl groups is 1. The molecule has 1 aromatic carbocycles. The SMILES string of the molecule is CCC(NC(=O)N[C@@H](C)CO)c1ccc(OC(F)F)cc1. The van der Waals surface area contributed by atoms with Gasteiger partial charge in [-0.2, -0.15) is 8.78 Å². The van der Waals surface area contributed by atoms with E-state index in [1.165, 1.54) is 12.1 Å². The molecular formula is C14H20F2N2O3. The Morgan fingerprint density at radius 1 is 1.29 bits per heavy atom. The van der Waals surface area contributed by atoms with E-state index in [2.05, 4.69) is 15.4 Å². The zero-order valence-corrected chi connectivity index (χ0v) is 12.0. The molecule has 0 spiro atoms. The van der Waals surface area contributed by atoms with Gasteiger partial charge in [-0.1, -0.05) is 19.1 Å². The van der Waals surface area contributed by atoms with Gasteiger partial charge in [0.25, 0.3) is 0 Å². The number of halogens is 2. The Hall–Kier alpha value is -1.89. The molecular weight excluding hydrogens is 282 g/mol. The van der Waals surface area contributed by atoms with Gasteiger partial charge >= 0.3 is 12.6 Å². The zero-order chi connectivity index (χ0) is 15.8. The van der Waals surface area contributed by atoms with Crippen LogP contribution in [0.3, 0.4) is 0 Å². The van der Waals surface area contributed by atoms with Gasteiger partial charge in [0, 0.05) is 0 Å². The highest BCUT2D eigenvalue weighted by molar-refractivity contribution is 5.74. The molecule has 2 atom stereocenters. The van der Waals surface area contributed by atoms with E-state index in [1.807, 2.05) is 6.92 Å². The van der Waals surface area contributed by atoms with E-state index >= 15 is 0 Å². The Kier molecular flexibility index (Phi) is 6.87. The fourth-order valence-corrected chi connectivity index (χ4v) is 1.77. The van der Waals surface area contributed by atoms with Crippen LogP contribution in [0.15, 0.2) is 24.3 Å². The van der Waals surface area contributed by atoms with Crippen LogP contribution in [0.25, 0.3) is 0 Å². The summed E-state index contributed by atoms with van der Waals surface area (Å²) in [5.41, 5.74) is 0.783. The Labute approximate surface area is 122 Å². The third kappa shape index (κ3) is 5.95. The van der Waals surface area contributed by atoms with E-state index in [-0.39, 0.29) is 24.4 Å². The van der Waals surface area contributed by atoms with E-state index in [1.54, 1.807) is 19.1 Å². The first-order chi connectivity index (χ1) is 9.96. The molecule has 0 aromatic heterocycles. The molecule has 0 aliphatic heterocycles. The number of benzene rings is 1.